The summed E-state index contributed by atoms with van der Waals surface area (Å²) in [6, 6.07) is 5.09. The fourth-order valence-corrected chi connectivity index (χ4v) is 3.31. The van der Waals surface area contributed by atoms with Gasteiger partial charge in [0.25, 0.3) is 5.91 Å². The molecule has 0 heterocycles. The zero-order valence-electron chi connectivity index (χ0n) is 13.5. The molecule has 1 fully saturated rings. The molecule has 0 radical (unpaired) electrons. The third-order valence-corrected chi connectivity index (χ3v) is 5.12. The van der Waals surface area contributed by atoms with Gasteiger partial charge in [-0.05, 0) is 36.5 Å². The molecule has 0 saturated heterocycles. The van der Waals surface area contributed by atoms with Crippen molar-refractivity contribution in [3.8, 4) is 0 Å². The van der Waals surface area contributed by atoms with Crippen LogP contribution in [0.2, 0.25) is 0 Å². The van der Waals surface area contributed by atoms with Crippen molar-refractivity contribution in [3.63, 3.8) is 0 Å². The van der Waals surface area contributed by atoms with Gasteiger partial charge < -0.3 is 15.8 Å². The molecular formula is C17H23BrN2O3. The predicted octanol–water partition coefficient (Wildman–Crippen LogP) is 3.13. The Kier molecular flexibility index (Phi) is 6.04. The van der Waals surface area contributed by atoms with Gasteiger partial charge in [-0.25, -0.2) is 4.79 Å². The summed E-state index contributed by atoms with van der Waals surface area (Å²) in [6.07, 6.45) is 3.29. The fraction of sp³-hybridized carbons (Fsp3) is 0.529. The van der Waals surface area contributed by atoms with Crippen LogP contribution in [0.5, 0.6) is 0 Å². The Hall–Kier alpha value is -1.56. The lowest BCUT2D eigenvalue weighted by Gasteiger charge is -2.34. The summed E-state index contributed by atoms with van der Waals surface area (Å²) in [4.78, 5) is 24.1. The van der Waals surface area contributed by atoms with Crippen molar-refractivity contribution in [1.29, 1.82) is 0 Å². The minimum absolute atomic E-state index is 0.154. The third kappa shape index (κ3) is 4.70. The molecule has 0 aromatic heterocycles. The highest BCUT2D eigenvalue weighted by Gasteiger charge is 2.28. The number of carbonyl (C=O) groups excluding carboxylic acids is 2. The van der Waals surface area contributed by atoms with Crippen LogP contribution in [-0.2, 0) is 9.53 Å². The number of anilines is 1. The summed E-state index contributed by atoms with van der Waals surface area (Å²) in [6.45, 7) is 4.07. The molecule has 1 aliphatic rings. The second kappa shape index (κ2) is 7.81. The monoisotopic (exact) mass is 382 g/mol. The molecule has 3 unspecified atom stereocenters. The maximum atomic E-state index is 12.0. The number of rotatable bonds is 4. The molecule has 3 N–H and O–H groups in total. The average molecular weight is 383 g/mol. The van der Waals surface area contributed by atoms with E-state index in [2.05, 4.69) is 35.1 Å². The van der Waals surface area contributed by atoms with Gasteiger partial charge in [0.1, 0.15) is 0 Å². The zero-order valence-corrected chi connectivity index (χ0v) is 15.1. The Morgan fingerprint density at radius 1 is 1.35 bits per heavy atom. The Balaban J connectivity index is 1.86. The van der Waals surface area contributed by atoms with Crippen LogP contribution in [0.4, 0.5) is 5.69 Å². The quantitative estimate of drug-likeness (QED) is 0.618. The Labute approximate surface area is 145 Å². The van der Waals surface area contributed by atoms with Crippen molar-refractivity contribution in [2.45, 2.75) is 39.2 Å². The van der Waals surface area contributed by atoms with E-state index in [9.17, 15) is 9.59 Å². The summed E-state index contributed by atoms with van der Waals surface area (Å²) < 4.78 is 5.81. The van der Waals surface area contributed by atoms with E-state index in [4.69, 9.17) is 10.5 Å². The van der Waals surface area contributed by atoms with E-state index >= 15 is 0 Å². The van der Waals surface area contributed by atoms with Crippen LogP contribution >= 0.6 is 15.9 Å². The molecule has 126 valence electrons. The van der Waals surface area contributed by atoms with Gasteiger partial charge in [-0.3, -0.25) is 4.79 Å². The third-order valence-electron chi connectivity index (χ3n) is 4.62. The lowest BCUT2D eigenvalue weighted by Crippen LogP contribution is -2.45. The van der Waals surface area contributed by atoms with Crippen molar-refractivity contribution in [2.24, 2.45) is 11.8 Å². The lowest BCUT2D eigenvalue weighted by molar-refractivity contribution is -0.125. The van der Waals surface area contributed by atoms with Gasteiger partial charge in [0, 0.05) is 16.2 Å². The van der Waals surface area contributed by atoms with Crippen LogP contribution in [0.1, 0.15) is 43.5 Å². The number of halogens is 1. The fourth-order valence-electron chi connectivity index (χ4n) is 2.95. The zero-order chi connectivity index (χ0) is 17.0. The molecular weight excluding hydrogens is 360 g/mol. The summed E-state index contributed by atoms with van der Waals surface area (Å²) in [5.74, 6) is 0.170. The number of esters is 1. The first-order chi connectivity index (χ1) is 10.9. The van der Waals surface area contributed by atoms with Crippen molar-refractivity contribution in [2.75, 3.05) is 12.3 Å². The van der Waals surface area contributed by atoms with E-state index in [0.717, 1.165) is 17.3 Å². The Morgan fingerprint density at radius 2 is 2.09 bits per heavy atom. The predicted molar refractivity (Wildman–Crippen MR) is 92.9 cm³/mol. The number of amides is 1. The molecule has 1 aromatic rings. The number of carbonyl (C=O) groups is 2. The van der Waals surface area contributed by atoms with Gasteiger partial charge in [0.15, 0.2) is 6.61 Å². The number of hydrogen-bond acceptors (Lipinski definition) is 4. The molecule has 1 aliphatic carbocycles. The maximum absolute atomic E-state index is 12.0. The van der Waals surface area contributed by atoms with Gasteiger partial charge in [0.05, 0.1) is 5.56 Å². The van der Waals surface area contributed by atoms with Gasteiger partial charge in [-0.2, -0.15) is 0 Å². The van der Waals surface area contributed by atoms with E-state index in [0.29, 0.717) is 17.5 Å². The van der Waals surface area contributed by atoms with Crippen molar-refractivity contribution >= 4 is 33.5 Å². The molecule has 0 aliphatic heterocycles. The van der Waals surface area contributed by atoms with Crippen LogP contribution < -0.4 is 11.1 Å². The topological polar surface area (TPSA) is 81.4 Å². The first kappa shape index (κ1) is 17.8. The number of nitrogen functional groups attached to an aromatic ring is 1. The highest BCUT2D eigenvalue weighted by Crippen LogP contribution is 2.29. The van der Waals surface area contributed by atoms with E-state index in [-0.39, 0.29) is 24.1 Å². The van der Waals surface area contributed by atoms with Crippen molar-refractivity contribution in [3.05, 3.63) is 28.2 Å². The number of benzene rings is 1. The number of nitrogens with two attached hydrogens (primary N) is 1. The van der Waals surface area contributed by atoms with Gasteiger partial charge in [-0.1, -0.05) is 42.6 Å². The van der Waals surface area contributed by atoms with Crippen molar-refractivity contribution < 1.29 is 14.3 Å². The highest BCUT2D eigenvalue weighted by atomic mass is 79.9. The first-order valence-corrected chi connectivity index (χ1v) is 8.69. The first-order valence-electron chi connectivity index (χ1n) is 7.90. The van der Waals surface area contributed by atoms with Crippen LogP contribution in [-0.4, -0.2) is 24.5 Å². The number of ether oxygens (including phenoxy) is 1. The summed E-state index contributed by atoms with van der Waals surface area (Å²) >= 11 is 3.28. The molecule has 0 bridgehead atoms. The second-order valence-electron chi connectivity index (χ2n) is 6.25. The Bertz CT molecular complexity index is 591. The molecule has 5 nitrogen and oxygen atoms in total. The lowest BCUT2D eigenvalue weighted by atomic mass is 9.78. The van der Waals surface area contributed by atoms with Crippen LogP contribution in [0, 0.1) is 11.8 Å². The Morgan fingerprint density at radius 3 is 2.83 bits per heavy atom. The van der Waals surface area contributed by atoms with E-state index < -0.39 is 5.97 Å². The van der Waals surface area contributed by atoms with Gasteiger partial charge in [0.2, 0.25) is 0 Å². The molecule has 0 spiro atoms. The highest BCUT2D eigenvalue weighted by molar-refractivity contribution is 9.10. The van der Waals surface area contributed by atoms with E-state index in [1.54, 1.807) is 18.2 Å². The maximum Gasteiger partial charge on any atom is 0.340 e. The molecule has 1 aromatic carbocycles. The van der Waals surface area contributed by atoms with Crippen molar-refractivity contribution in [1.82, 2.24) is 5.32 Å². The standard InChI is InChI=1S/C17H23BrN2O3/c1-10-4-3-5-15(11(10)2)20-16(21)9-23-17(22)13-8-12(18)6-7-14(13)19/h6-8,10-11,15H,3-5,9,19H2,1-2H3,(H,20,21). The number of nitrogens with one attached hydrogen (secondary N) is 1. The summed E-state index contributed by atoms with van der Waals surface area (Å²) in [7, 11) is 0. The normalized spacial score (nSPS) is 24.0. The van der Waals surface area contributed by atoms with Crippen LogP contribution in [0.15, 0.2) is 22.7 Å². The van der Waals surface area contributed by atoms with Crippen LogP contribution in [0.3, 0.4) is 0 Å². The largest absolute Gasteiger partial charge is 0.452 e. The SMILES string of the molecule is CC1CCCC(NC(=O)COC(=O)c2cc(Br)ccc2N)C1C. The van der Waals surface area contributed by atoms with Crippen LogP contribution in [0.25, 0.3) is 0 Å². The van der Waals surface area contributed by atoms with Gasteiger partial charge >= 0.3 is 5.97 Å². The summed E-state index contributed by atoms with van der Waals surface area (Å²) in [5, 5.41) is 2.98. The molecule has 23 heavy (non-hydrogen) atoms. The number of hydrogen-bond donors (Lipinski definition) is 2. The van der Waals surface area contributed by atoms with Gasteiger partial charge in [-0.15, -0.1) is 0 Å². The van der Waals surface area contributed by atoms with E-state index in [1.165, 1.54) is 6.42 Å². The molecule has 2 rings (SSSR count). The average Bonchev–Trinajstić information content (AvgIpc) is 2.52. The molecule has 1 saturated carbocycles. The summed E-state index contributed by atoms with van der Waals surface area (Å²) in [5.41, 5.74) is 6.34. The minimum atomic E-state index is -0.594. The second-order valence-corrected chi connectivity index (χ2v) is 7.16. The molecule has 6 heteroatoms. The molecule has 1 amide bonds. The smallest absolute Gasteiger partial charge is 0.340 e. The molecule has 3 atom stereocenters. The minimum Gasteiger partial charge on any atom is -0.452 e. The van der Waals surface area contributed by atoms with E-state index in [1.807, 2.05) is 0 Å².